The average molecular weight is 474 g/mol. The number of rotatable bonds is 6. The van der Waals surface area contributed by atoms with Gasteiger partial charge in [-0.25, -0.2) is 4.79 Å². The minimum atomic E-state index is -0.877. The molecule has 3 aromatic heterocycles. The van der Waals surface area contributed by atoms with Crippen molar-refractivity contribution in [3.63, 3.8) is 0 Å². The number of thiophene rings is 1. The summed E-state index contributed by atoms with van der Waals surface area (Å²) in [6, 6.07) is 19.1. The van der Waals surface area contributed by atoms with E-state index in [2.05, 4.69) is 70.2 Å². The highest BCUT2D eigenvalue weighted by Gasteiger charge is 2.32. The Kier molecular flexibility index (Phi) is 6.30. The summed E-state index contributed by atoms with van der Waals surface area (Å²) >= 11 is 1.75. The SMILES string of the molecule is Cc1c(C(=O)O)cc2c(-c3ccccc3)ccn2c1C(c1cccs1)N1CCC(N(C)C)CC1. The van der Waals surface area contributed by atoms with Crippen molar-refractivity contribution >= 4 is 22.8 Å². The Balaban J connectivity index is 1.70. The van der Waals surface area contributed by atoms with Gasteiger partial charge >= 0.3 is 5.97 Å². The molecule has 6 heteroatoms. The largest absolute Gasteiger partial charge is 0.478 e. The van der Waals surface area contributed by atoms with Gasteiger partial charge in [0.2, 0.25) is 0 Å². The van der Waals surface area contributed by atoms with Crippen LogP contribution in [-0.2, 0) is 0 Å². The van der Waals surface area contributed by atoms with Gasteiger partial charge in [-0.2, -0.15) is 0 Å². The standard InChI is InChI=1S/C28H31N3O2S/c1-19-23(28(32)33)18-24-22(20-8-5-4-6-9-20)13-16-31(24)26(19)27(25-10-7-17-34-25)30-14-11-21(12-15-30)29(2)3/h4-10,13,16-18,21,27H,11-12,14-15H2,1-3H3,(H,32,33). The van der Waals surface area contributed by atoms with E-state index >= 15 is 0 Å². The number of hydrogen-bond acceptors (Lipinski definition) is 4. The molecule has 4 heterocycles. The van der Waals surface area contributed by atoms with Gasteiger partial charge in [-0.3, -0.25) is 4.90 Å². The summed E-state index contributed by atoms with van der Waals surface area (Å²) in [5.74, 6) is -0.877. The normalized spacial score (nSPS) is 16.4. The van der Waals surface area contributed by atoms with E-state index in [0.29, 0.717) is 11.6 Å². The molecule has 1 aliphatic rings. The fourth-order valence-electron chi connectivity index (χ4n) is 5.38. The number of piperidine rings is 1. The minimum absolute atomic E-state index is 0.0148. The van der Waals surface area contributed by atoms with E-state index < -0.39 is 5.97 Å². The van der Waals surface area contributed by atoms with Crippen LogP contribution in [0.25, 0.3) is 16.6 Å². The van der Waals surface area contributed by atoms with E-state index in [1.54, 1.807) is 11.3 Å². The minimum Gasteiger partial charge on any atom is -0.478 e. The number of carboxylic acids is 1. The van der Waals surface area contributed by atoms with Crippen molar-refractivity contribution in [3.8, 4) is 11.1 Å². The lowest BCUT2D eigenvalue weighted by atomic mass is 9.95. The van der Waals surface area contributed by atoms with Crippen LogP contribution >= 0.6 is 11.3 Å². The summed E-state index contributed by atoms with van der Waals surface area (Å²) < 4.78 is 2.23. The second kappa shape index (κ2) is 9.37. The first-order valence-electron chi connectivity index (χ1n) is 11.8. The summed E-state index contributed by atoms with van der Waals surface area (Å²) in [5, 5.41) is 12.3. The lowest BCUT2D eigenvalue weighted by Crippen LogP contribution is -2.44. The molecule has 1 atom stereocenters. The lowest BCUT2D eigenvalue weighted by Gasteiger charge is -2.40. The number of benzene rings is 1. The first kappa shape index (κ1) is 22.8. The maximum Gasteiger partial charge on any atom is 0.336 e. The van der Waals surface area contributed by atoms with Crippen LogP contribution in [-0.4, -0.2) is 58.5 Å². The van der Waals surface area contributed by atoms with Crippen molar-refractivity contribution in [3.05, 3.63) is 87.9 Å². The third-order valence-electron chi connectivity index (χ3n) is 7.24. The molecule has 34 heavy (non-hydrogen) atoms. The lowest BCUT2D eigenvalue weighted by molar-refractivity contribution is 0.0695. The molecule has 0 saturated carbocycles. The predicted octanol–water partition coefficient (Wildman–Crippen LogP) is 5.79. The number of aromatic carboxylic acids is 1. The van der Waals surface area contributed by atoms with Crippen LogP contribution in [0.5, 0.6) is 0 Å². The Morgan fingerprint density at radius 3 is 2.44 bits per heavy atom. The van der Waals surface area contributed by atoms with Gasteiger partial charge in [0, 0.05) is 41.5 Å². The molecule has 0 spiro atoms. The molecule has 0 aliphatic carbocycles. The molecule has 1 N–H and O–H groups in total. The Morgan fingerprint density at radius 2 is 1.82 bits per heavy atom. The van der Waals surface area contributed by atoms with Crippen LogP contribution in [0.3, 0.4) is 0 Å². The molecule has 176 valence electrons. The first-order valence-corrected chi connectivity index (χ1v) is 12.7. The summed E-state index contributed by atoms with van der Waals surface area (Å²) in [4.78, 5) is 18.5. The number of carbonyl (C=O) groups is 1. The molecule has 5 rings (SSSR count). The van der Waals surface area contributed by atoms with Gasteiger partial charge in [0.15, 0.2) is 0 Å². The second-order valence-electron chi connectivity index (χ2n) is 9.37. The van der Waals surface area contributed by atoms with E-state index in [1.165, 1.54) is 4.88 Å². The van der Waals surface area contributed by atoms with Crippen molar-refractivity contribution in [1.82, 2.24) is 14.2 Å². The summed E-state index contributed by atoms with van der Waals surface area (Å²) in [5.41, 5.74) is 5.36. The molecule has 1 aliphatic heterocycles. The fourth-order valence-corrected chi connectivity index (χ4v) is 6.24. The zero-order valence-corrected chi connectivity index (χ0v) is 20.8. The number of nitrogens with zero attached hydrogens (tertiary/aromatic N) is 3. The summed E-state index contributed by atoms with van der Waals surface area (Å²) in [6.45, 7) is 3.93. The van der Waals surface area contributed by atoms with Crippen molar-refractivity contribution < 1.29 is 9.90 Å². The molecule has 1 saturated heterocycles. The van der Waals surface area contributed by atoms with E-state index in [4.69, 9.17) is 0 Å². The maximum absolute atomic E-state index is 12.4. The number of aromatic nitrogens is 1. The van der Waals surface area contributed by atoms with Crippen molar-refractivity contribution in [1.29, 1.82) is 0 Å². The second-order valence-corrected chi connectivity index (χ2v) is 10.4. The summed E-state index contributed by atoms with van der Waals surface area (Å²) in [6.07, 6.45) is 4.33. The Hall–Kier alpha value is -2.93. The Morgan fingerprint density at radius 1 is 1.09 bits per heavy atom. The van der Waals surface area contributed by atoms with Crippen LogP contribution in [0.15, 0.2) is 66.2 Å². The van der Waals surface area contributed by atoms with E-state index in [1.807, 2.05) is 31.2 Å². The quantitative estimate of drug-likeness (QED) is 0.385. The van der Waals surface area contributed by atoms with Gasteiger partial charge in [-0.15, -0.1) is 11.3 Å². The van der Waals surface area contributed by atoms with Gasteiger partial charge in [0.25, 0.3) is 0 Å². The van der Waals surface area contributed by atoms with E-state index in [0.717, 1.165) is 53.8 Å². The zero-order valence-electron chi connectivity index (χ0n) is 19.9. The molecule has 4 aromatic rings. The monoisotopic (exact) mass is 473 g/mol. The smallest absolute Gasteiger partial charge is 0.336 e. The van der Waals surface area contributed by atoms with Gasteiger partial charge in [-0.05, 0) is 68.6 Å². The highest BCUT2D eigenvalue weighted by atomic mass is 32.1. The number of carboxylic acid groups (broad SMARTS) is 1. The Labute approximate surface area is 204 Å². The van der Waals surface area contributed by atoms with Crippen LogP contribution in [0.2, 0.25) is 0 Å². The number of likely N-dealkylation sites (tertiary alicyclic amines) is 1. The molecule has 0 bridgehead atoms. The van der Waals surface area contributed by atoms with Crippen molar-refractivity contribution in [2.24, 2.45) is 0 Å². The maximum atomic E-state index is 12.4. The first-order chi connectivity index (χ1) is 16.5. The molecular formula is C28H31N3O2S. The summed E-state index contributed by atoms with van der Waals surface area (Å²) in [7, 11) is 4.32. The fraction of sp³-hybridized carbons (Fsp3) is 0.321. The van der Waals surface area contributed by atoms with Crippen molar-refractivity contribution in [2.45, 2.75) is 31.8 Å². The molecule has 0 amide bonds. The van der Waals surface area contributed by atoms with Gasteiger partial charge in [0.1, 0.15) is 0 Å². The molecule has 1 unspecified atom stereocenters. The third kappa shape index (κ3) is 4.06. The molecule has 1 aromatic carbocycles. The van der Waals surface area contributed by atoms with Crippen LogP contribution in [0.4, 0.5) is 0 Å². The van der Waals surface area contributed by atoms with Gasteiger partial charge < -0.3 is 14.4 Å². The molecular weight excluding hydrogens is 442 g/mol. The van der Waals surface area contributed by atoms with Crippen LogP contribution < -0.4 is 0 Å². The Bertz CT molecular complexity index is 1290. The van der Waals surface area contributed by atoms with E-state index in [9.17, 15) is 9.90 Å². The molecule has 0 radical (unpaired) electrons. The number of pyridine rings is 1. The highest BCUT2D eigenvalue weighted by molar-refractivity contribution is 7.10. The number of fused-ring (bicyclic) bond motifs is 1. The van der Waals surface area contributed by atoms with Gasteiger partial charge in [0.05, 0.1) is 17.1 Å². The molecule has 5 nitrogen and oxygen atoms in total. The van der Waals surface area contributed by atoms with E-state index in [-0.39, 0.29) is 6.04 Å². The molecule has 1 fully saturated rings. The van der Waals surface area contributed by atoms with Crippen LogP contribution in [0.1, 0.15) is 45.4 Å². The highest BCUT2D eigenvalue weighted by Crippen LogP contribution is 2.39. The van der Waals surface area contributed by atoms with Crippen LogP contribution in [0, 0.1) is 6.92 Å². The average Bonchev–Trinajstić information content (AvgIpc) is 3.51. The zero-order chi connectivity index (χ0) is 23.8. The predicted molar refractivity (Wildman–Crippen MR) is 139 cm³/mol. The van der Waals surface area contributed by atoms with Crippen molar-refractivity contribution in [2.75, 3.05) is 27.2 Å². The van der Waals surface area contributed by atoms with Gasteiger partial charge in [-0.1, -0.05) is 36.4 Å². The number of hydrogen-bond donors (Lipinski definition) is 1. The third-order valence-corrected chi connectivity index (χ3v) is 8.16. The topological polar surface area (TPSA) is 48.2 Å².